The highest BCUT2D eigenvalue weighted by Crippen LogP contribution is 2.33. The Morgan fingerprint density at radius 2 is 1.70 bits per heavy atom. The number of rotatable bonds is 9. The Morgan fingerprint density at radius 3 is 2.44 bits per heavy atom. The van der Waals surface area contributed by atoms with Crippen molar-refractivity contribution in [1.82, 2.24) is 34.6 Å². The molecule has 3 saturated heterocycles. The van der Waals surface area contributed by atoms with Crippen molar-refractivity contribution < 1.29 is 14.4 Å². The molecule has 8 rings (SSSR count). The standard InChI is InChI=1S/C41H49N9O4/c1-26-34-23-43-41(46-38(34)50(30-8-3-4-9-30)40(54)37(26)27(2)51)44-35-14-12-28(22-42-35)24-47-16-6-11-32(25-47)49-19-17-48(18-20-49)31-10-5-7-29(21-31)33-13-15-36(52)45-39(33)53/h5,7,10,12,14,21-23,30,32-33H,3-4,6,8-9,11,13,15-20,24-25H2,1-2H3,(H,45,52,53)(H,42,43,44,46). The lowest BCUT2D eigenvalue weighted by atomic mass is 9.90. The van der Waals surface area contributed by atoms with E-state index in [4.69, 9.17) is 9.97 Å². The summed E-state index contributed by atoms with van der Waals surface area (Å²) in [7, 11) is 0. The summed E-state index contributed by atoms with van der Waals surface area (Å²) in [5, 5.41) is 6.45. The Kier molecular flexibility index (Phi) is 10.3. The van der Waals surface area contributed by atoms with Gasteiger partial charge in [-0.05, 0) is 87.4 Å². The molecule has 1 aromatic carbocycles. The summed E-state index contributed by atoms with van der Waals surface area (Å²) in [6, 6.07) is 12.9. The zero-order chi connectivity index (χ0) is 37.3. The molecule has 6 heterocycles. The number of nitrogens with one attached hydrogen (secondary N) is 2. The molecule has 1 aliphatic carbocycles. The average Bonchev–Trinajstić information content (AvgIpc) is 3.70. The van der Waals surface area contributed by atoms with E-state index in [1.165, 1.54) is 13.3 Å². The second-order valence-electron chi connectivity index (χ2n) is 15.4. The molecule has 3 aliphatic heterocycles. The minimum absolute atomic E-state index is 0.0224. The topological polar surface area (TPSA) is 146 Å². The number of ketones is 1. The van der Waals surface area contributed by atoms with E-state index in [1.54, 1.807) is 17.7 Å². The molecule has 13 heteroatoms. The van der Waals surface area contributed by atoms with Crippen LogP contribution in [0.15, 0.2) is 53.6 Å². The van der Waals surface area contributed by atoms with Crippen LogP contribution in [0.3, 0.4) is 0 Å². The normalized spacial score (nSPS) is 21.8. The summed E-state index contributed by atoms with van der Waals surface area (Å²) in [4.78, 5) is 71.8. The number of piperazine rings is 1. The molecular formula is C41H49N9O4. The van der Waals surface area contributed by atoms with Gasteiger partial charge in [-0.3, -0.25) is 38.9 Å². The first-order valence-electron chi connectivity index (χ1n) is 19.5. The molecule has 4 aromatic rings. The minimum Gasteiger partial charge on any atom is -0.369 e. The maximum Gasteiger partial charge on any atom is 0.263 e. The van der Waals surface area contributed by atoms with Gasteiger partial charge in [-0.2, -0.15) is 4.98 Å². The van der Waals surface area contributed by atoms with Crippen molar-refractivity contribution in [2.75, 3.05) is 49.5 Å². The molecule has 2 unspecified atom stereocenters. The molecule has 2 N–H and O–H groups in total. The number of benzene rings is 1. The Balaban J connectivity index is 0.878. The van der Waals surface area contributed by atoms with Crippen molar-refractivity contribution in [2.24, 2.45) is 0 Å². The molecule has 0 radical (unpaired) electrons. The van der Waals surface area contributed by atoms with E-state index in [1.807, 2.05) is 24.4 Å². The van der Waals surface area contributed by atoms with E-state index in [0.29, 0.717) is 41.9 Å². The number of fused-ring (bicyclic) bond motifs is 1. The molecule has 1 saturated carbocycles. The monoisotopic (exact) mass is 731 g/mol. The van der Waals surface area contributed by atoms with Gasteiger partial charge in [0.15, 0.2) is 5.78 Å². The van der Waals surface area contributed by atoms with Crippen molar-refractivity contribution in [3.8, 4) is 0 Å². The van der Waals surface area contributed by atoms with Crippen LogP contribution in [0.1, 0.15) is 97.3 Å². The van der Waals surface area contributed by atoms with E-state index in [-0.39, 0.29) is 40.7 Å². The fourth-order valence-corrected chi connectivity index (χ4v) is 9.04. The van der Waals surface area contributed by atoms with Gasteiger partial charge in [0.2, 0.25) is 17.8 Å². The van der Waals surface area contributed by atoms with Crippen LogP contribution >= 0.6 is 0 Å². The van der Waals surface area contributed by atoms with Crippen LogP contribution in [0, 0.1) is 6.92 Å². The van der Waals surface area contributed by atoms with Crippen molar-refractivity contribution >= 4 is 46.1 Å². The second-order valence-corrected chi connectivity index (χ2v) is 15.4. The number of amides is 2. The fraction of sp³-hybridized carbons (Fsp3) is 0.488. The number of pyridine rings is 2. The number of aryl methyl sites for hydroxylation is 1. The largest absolute Gasteiger partial charge is 0.369 e. The highest BCUT2D eigenvalue weighted by molar-refractivity contribution is 6.01. The number of imide groups is 1. The SMILES string of the molecule is CC(=O)c1c(C)c2cnc(Nc3ccc(CN4CCCC(N5CCN(c6cccc(C7CCC(=O)NC7=O)c6)CC5)C4)cn3)nc2n(C2CCCC2)c1=O. The van der Waals surface area contributed by atoms with Crippen LogP contribution < -0.4 is 21.1 Å². The third-order valence-corrected chi connectivity index (χ3v) is 11.9. The van der Waals surface area contributed by atoms with E-state index in [0.717, 1.165) is 100 Å². The van der Waals surface area contributed by atoms with E-state index in [9.17, 15) is 19.2 Å². The summed E-state index contributed by atoms with van der Waals surface area (Å²) in [6.07, 6.45) is 10.8. The Hall–Kier alpha value is -5.01. The van der Waals surface area contributed by atoms with Gasteiger partial charge in [-0.15, -0.1) is 0 Å². The van der Waals surface area contributed by atoms with Gasteiger partial charge in [-0.25, -0.2) is 9.97 Å². The lowest BCUT2D eigenvalue weighted by Crippen LogP contribution is -2.55. The smallest absolute Gasteiger partial charge is 0.263 e. The van der Waals surface area contributed by atoms with Crippen LogP contribution in [0.4, 0.5) is 17.5 Å². The Morgan fingerprint density at radius 1 is 0.907 bits per heavy atom. The molecule has 4 aliphatic rings. The highest BCUT2D eigenvalue weighted by Gasteiger charge is 2.31. The van der Waals surface area contributed by atoms with Crippen LogP contribution in [0.2, 0.25) is 0 Å². The maximum atomic E-state index is 13.6. The molecule has 2 amide bonds. The molecular weight excluding hydrogens is 683 g/mol. The van der Waals surface area contributed by atoms with Crippen LogP contribution in [0.5, 0.6) is 0 Å². The average molecular weight is 732 g/mol. The second kappa shape index (κ2) is 15.4. The van der Waals surface area contributed by atoms with Crippen LogP contribution in [-0.2, 0) is 16.1 Å². The first-order chi connectivity index (χ1) is 26.2. The number of carbonyl (C=O) groups excluding carboxylic acids is 3. The van der Waals surface area contributed by atoms with Crippen LogP contribution in [0.25, 0.3) is 11.0 Å². The third-order valence-electron chi connectivity index (χ3n) is 11.9. The summed E-state index contributed by atoms with van der Waals surface area (Å²) in [6.45, 7) is 10.0. The highest BCUT2D eigenvalue weighted by atomic mass is 16.2. The lowest BCUT2D eigenvalue weighted by Gasteiger charge is -2.44. The number of aromatic nitrogens is 4. The number of carbonyl (C=O) groups is 3. The van der Waals surface area contributed by atoms with Crippen LogP contribution in [-0.4, -0.2) is 92.2 Å². The van der Waals surface area contributed by atoms with Gasteiger partial charge >= 0.3 is 0 Å². The summed E-state index contributed by atoms with van der Waals surface area (Å²) in [5.41, 5.74) is 4.42. The van der Waals surface area contributed by atoms with Gasteiger partial charge in [0.25, 0.3) is 5.56 Å². The number of Topliss-reactive ketones (excluding diaryl/α,β-unsaturated/α-hetero) is 1. The quantitative estimate of drug-likeness (QED) is 0.180. The zero-order valence-corrected chi connectivity index (χ0v) is 31.2. The molecule has 282 valence electrons. The predicted octanol–water partition coefficient (Wildman–Crippen LogP) is 4.86. The first-order valence-corrected chi connectivity index (χ1v) is 19.5. The van der Waals surface area contributed by atoms with E-state index >= 15 is 0 Å². The molecule has 4 fully saturated rings. The zero-order valence-electron chi connectivity index (χ0n) is 31.2. The van der Waals surface area contributed by atoms with Crippen molar-refractivity contribution in [3.63, 3.8) is 0 Å². The van der Waals surface area contributed by atoms with Gasteiger partial charge in [-0.1, -0.05) is 31.0 Å². The summed E-state index contributed by atoms with van der Waals surface area (Å²) >= 11 is 0. The van der Waals surface area contributed by atoms with Gasteiger partial charge in [0.1, 0.15) is 11.5 Å². The third kappa shape index (κ3) is 7.39. The predicted molar refractivity (Wildman–Crippen MR) is 207 cm³/mol. The van der Waals surface area contributed by atoms with E-state index < -0.39 is 0 Å². The molecule has 2 atom stereocenters. The number of anilines is 3. The van der Waals surface area contributed by atoms with Gasteiger partial charge in [0.05, 0.1) is 11.5 Å². The summed E-state index contributed by atoms with van der Waals surface area (Å²) in [5.74, 6) is 0.116. The number of likely N-dealkylation sites (tertiary alicyclic amines) is 1. The number of hydrogen-bond acceptors (Lipinski definition) is 11. The van der Waals surface area contributed by atoms with Crippen molar-refractivity contribution in [2.45, 2.75) is 89.8 Å². The maximum absolute atomic E-state index is 13.6. The lowest BCUT2D eigenvalue weighted by molar-refractivity contribution is -0.134. The Bertz CT molecular complexity index is 2120. The van der Waals surface area contributed by atoms with Crippen molar-refractivity contribution in [3.05, 3.63) is 81.4 Å². The molecule has 54 heavy (non-hydrogen) atoms. The molecule has 0 spiro atoms. The molecule has 0 bridgehead atoms. The number of piperidine rings is 2. The van der Waals surface area contributed by atoms with Gasteiger partial charge < -0.3 is 10.2 Å². The summed E-state index contributed by atoms with van der Waals surface area (Å²) < 4.78 is 1.73. The van der Waals surface area contributed by atoms with Crippen molar-refractivity contribution in [1.29, 1.82) is 0 Å². The number of nitrogens with zero attached hydrogens (tertiary/aromatic N) is 7. The first kappa shape index (κ1) is 36.0. The Labute approximate surface area is 315 Å². The minimum atomic E-state index is -0.269. The fourth-order valence-electron chi connectivity index (χ4n) is 9.04. The molecule has 3 aromatic heterocycles. The molecule has 13 nitrogen and oxygen atoms in total. The van der Waals surface area contributed by atoms with E-state index in [2.05, 4.69) is 48.5 Å². The number of hydrogen-bond donors (Lipinski definition) is 2. The van der Waals surface area contributed by atoms with Gasteiger partial charge in [0, 0.05) is 81.2 Å².